The lowest BCUT2D eigenvalue weighted by atomic mass is 10.1. The molecule has 1 saturated heterocycles. The second-order valence-corrected chi connectivity index (χ2v) is 5.61. The van der Waals surface area contributed by atoms with Crippen LogP contribution < -0.4 is 0 Å². The van der Waals surface area contributed by atoms with Gasteiger partial charge in [0.1, 0.15) is 0 Å². The summed E-state index contributed by atoms with van der Waals surface area (Å²) in [4.78, 5) is 27.9. The van der Waals surface area contributed by atoms with Gasteiger partial charge in [-0.25, -0.2) is 0 Å². The first-order chi connectivity index (χ1) is 9.88. The summed E-state index contributed by atoms with van der Waals surface area (Å²) in [6.45, 7) is 5.44. The molecule has 0 saturated carbocycles. The van der Waals surface area contributed by atoms with Gasteiger partial charge in [-0.15, -0.1) is 0 Å². The highest BCUT2D eigenvalue weighted by Gasteiger charge is 2.26. The minimum absolute atomic E-state index is 0.126. The van der Waals surface area contributed by atoms with E-state index in [4.69, 9.17) is 5.11 Å². The van der Waals surface area contributed by atoms with Crippen molar-refractivity contribution in [1.82, 2.24) is 9.88 Å². The number of pyridine rings is 1. The number of carboxylic acid groups (broad SMARTS) is 1. The second kappa shape index (κ2) is 6.17. The van der Waals surface area contributed by atoms with Gasteiger partial charge in [0.05, 0.1) is 10.6 Å². The fourth-order valence-electron chi connectivity index (χ4n) is 2.89. The Hall–Kier alpha value is -2.02. The van der Waals surface area contributed by atoms with Crippen LogP contribution in [0.3, 0.4) is 0 Å². The maximum Gasteiger partial charge on any atom is 0.303 e. The standard InChI is InChI=1S/C14H19N3O4/c1-9-6-15-12(10(2)14(9)17(20)21)8-16-4-3-11(7-16)5-13(18)19/h6,11H,3-5,7-8H2,1-2H3,(H,18,19). The van der Waals surface area contributed by atoms with Gasteiger partial charge in [0.2, 0.25) is 0 Å². The van der Waals surface area contributed by atoms with E-state index in [1.54, 1.807) is 13.8 Å². The molecule has 7 nitrogen and oxygen atoms in total. The Balaban J connectivity index is 2.09. The van der Waals surface area contributed by atoms with Gasteiger partial charge in [-0.3, -0.25) is 24.8 Å². The van der Waals surface area contributed by atoms with E-state index in [9.17, 15) is 14.9 Å². The monoisotopic (exact) mass is 293 g/mol. The molecule has 0 radical (unpaired) electrons. The number of aliphatic carboxylic acids is 1. The molecule has 1 N–H and O–H groups in total. The molecule has 2 rings (SSSR count). The van der Waals surface area contributed by atoms with Crippen molar-refractivity contribution in [3.8, 4) is 0 Å². The summed E-state index contributed by atoms with van der Waals surface area (Å²) in [5.74, 6) is -0.620. The minimum Gasteiger partial charge on any atom is -0.481 e. The van der Waals surface area contributed by atoms with E-state index in [0.29, 0.717) is 29.9 Å². The molecule has 21 heavy (non-hydrogen) atoms. The lowest BCUT2D eigenvalue weighted by Gasteiger charge is -2.16. The van der Waals surface area contributed by atoms with Crippen LogP contribution in [0, 0.1) is 29.9 Å². The van der Waals surface area contributed by atoms with E-state index >= 15 is 0 Å². The third-order valence-electron chi connectivity index (χ3n) is 3.96. The molecule has 1 unspecified atom stereocenters. The van der Waals surface area contributed by atoms with Crippen molar-refractivity contribution < 1.29 is 14.8 Å². The van der Waals surface area contributed by atoms with Gasteiger partial charge in [0.15, 0.2) is 0 Å². The summed E-state index contributed by atoms with van der Waals surface area (Å²) in [7, 11) is 0. The first-order valence-electron chi connectivity index (χ1n) is 6.92. The number of hydrogen-bond acceptors (Lipinski definition) is 5. The number of hydrogen-bond donors (Lipinski definition) is 1. The van der Waals surface area contributed by atoms with Crippen LogP contribution in [-0.4, -0.2) is 39.0 Å². The van der Waals surface area contributed by atoms with Gasteiger partial charge in [0.25, 0.3) is 5.69 Å². The van der Waals surface area contributed by atoms with Crippen molar-refractivity contribution in [1.29, 1.82) is 0 Å². The van der Waals surface area contributed by atoms with Crippen LogP contribution >= 0.6 is 0 Å². The molecular formula is C14H19N3O4. The summed E-state index contributed by atoms with van der Waals surface area (Å²) in [6, 6.07) is 0. The third-order valence-corrected chi connectivity index (χ3v) is 3.96. The summed E-state index contributed by atoms with van der Waals surface area (Å²) in [5.41, 5.74) is 1.98. The first-order valence-corrected chi connectivity index (χ1v) is 6.92. The molecular weight excluding hydrogens is 274 g/mol. The van der Waals surface area contributed by atoms with Gasteiger partial charge in [-0.05, 0) is 32.7 Å². The Kier molecular flexibility index (Phi) is 4.52. The topological polar surface area (TPSA) is 96.6 Å². The molecule has 0 spiro atoms. The number of aryl methyl sites for hydroxylation is 1. The molecule has 0 aliphatic carbocycles. The van der Waals surface area contributed by atoms with Crippen LogP contribution in [0.2, 0.25) is 0 Å². The van der Waals surface area contributed by atoms with Crippen molar-refractivity contribution in [2.75, 3.05) is 13.1 Å². The number of aromatic nitrogens is 1. The molecule has 114 valence electrons. The van der Waals surface area contributed by atoms with Crippen molar-refractivity contribution in [2.45, 2.75) is 33.2 Å². The molecule has 1 aliphatic rings. The van der Waals surface area contributed by atoms with Crippen LogP contribution in [0.1, 0.15) is 29.7 Å². The number of likely N-dealkylation sites (tertiary alicyclic amines) is 1. The number of carboxylic acids is 1. The molecule has 0 aromatic carbocycles. The summed E-state index contributed by atoms with van der Waals surface area (Å²) >= 11 is 0. The quantitative estimate of drug-likeness (QED) is 0.658. The van der Waals surface area contributed by atoms with Gasteiger partial charge in [0, 0.05) is 36.8 Å². The van der Waals surface area contributed by atoms with Gasteiger partial charge in [-0.2, -0.15) is 0 Å². The smallest absolute Gasteiger partial charge is 0.303 e. The van der Waals surface area contributed by atoms with E-state index in [0.717, 1.165) is 13.0 Å². The van der Waals surface area contributed by atoms with E-state index in [1.165, 1.54) is 6.20 Å². The number of nitrogens with zero attached hydrogens (tertiary/aromatic N) is 3. The lowest BCUT2D eigenvalue weighted by molar-refractivity contribution is -0.386. The molecule has 2 heterocycles. The first kappa shape index (κ1) is 15.4. The third kappa shape index (κ3) is 3.55. The molecule has 1 aromatic heterocycles. The summed E-state index contributed by atoms with van der Waals surface area (Å²) in [6.07, 6.45) is 2.56. The molecule has 0 bridgehead atoms. The van der Waals surface area contributed by atoms with Crippen LogP contribution in [0.15, 0.2) is 6.20 Å². The van der Waals surface area contributed by atoms with Gasteiger partial charge < -0.3 is 5.11 Å². The second-order valence-electron chi connectivity index (χ2n) is 5.61. The average Bonchev–Trinajstić information content (AvgIpc) is 2.79. The highest BCUT2D eigenvalue weighted by atomic mass is 16.6. The van der Waals surface area contributed by atoms with Gasteiger partial charge >= 0.3 is 5.97 Å². The summed E-state index contributed by atoms with van der Waals surface area (Å²) in [5, 5.41) is 19.9. The lowest BCUT2D eigenvalue weighted by Crippen LogP contribution is -2.22. The fraction of sp³-hybridized carbons (Fsp3) is 0.571. The normalized spacial score (nSPS) is 18.9. The van der Waals surface area contributed by atoms with Crippen molar-refractivity contribution in [3.05, 3.63) is 33.1 Å². The molecule has 7 heteroatoms. The maximum absolute atomic E-state index is 11.1. The van der Waals surface area contributed by atoms with Crippen LogP contribution in [0.4, 0.5) is 5.69 Å². The highest BCUT2D eigenvalue weighted by Crippen LogP contribution is 2.27. The maximum atomic E-state index is 11.1. The predicted octanol–water partition coefficient (Wildman–Crippen LogP) is 1.90. The van der Waals surface area contributed by atoms with E-state index < -0.39 is 5.97 Å². The Morgan fingerprint density at radius 3 is 2.90 bits per heavy atom. The van der Waals surface area contributed by atoms with E-state index in [1.807, 2.05) is 0 Å². The molecule has 1 atom stereocenters. The van der Waals surface area contributed by atoms with Gasteiger partial charge in [-0.1, -0.05) is 0 Å². The Bertz CT molecular complexity index is 574. The minimum atomic E-state index is -0.776. The predicted molar refractivity (Wildman–Crippen MR) is 76.0 cm³/mol. The van der Waals surface area contributed by atoms with Crippen molar-refractivity contribution >= 4 is 11.7 Å². The van der Waals surface area contributed by atoms with E-state index in [-0.39, 0.29) is 22.9 Å². The number of carbonyl (C=O) groups is 1. The molecule has 1 aromatic rings. The zero-order valence-electron chi connectivity index (χ0n) is 12.2. The zero-order valence-corrected chi connectivity index (χ0v) is 12.2. The largest absolute Gasteiger partial charge is 0.481 e. The van der Waals surface area contributed by atoms with Crippen molar-refractivity contribution in [3.63, 3.8) is 0 Å². The fourth-order valence-corrected chi connectivity index (χ4v) is 2.89. The summed E-state index contributed by atoms with van der Waals surface area (Å²) < 4.78 is 0. The zero-order chi connectivity index (χ0) is 15.6. The van der Waals surface area contributed by atoms with E-state index in [2.05, 4.69) is 9.88 Å². The van der Waals surface area contributed by atoms with Crippen LogP contribution in [0.25, 0.3) is 0 Å². The number of rotatable bonds is 5. The van der Waals surface area contributed by atoms with Crippen LogP contribution in [-0.2, 0) is 11.3 Å². The SMILES string of the molecule is Cc1cnc(CN2CCC(CC(=O)O)C2)c(C)c1[N+](=O)[O-]. The van der Waals surface area contributed by atoms with Crippen molar-refractivity contribution in [2.24, 2.45) is 5.92 Å². The molecule has 1 aliphatic heterocycles. The molecule has 1 fully saturated rings. The number of nitro groups is 1. The van der Waals surface area contributed by atoms with Crippen LogP contribution in [0.5, 0.6) is 0 Å². The highest BCUT2D eigenvalue weighted by molar-refractivity contribution is 5.67. The molecule has 0 amide bonds. The average molecular weight is 293 g/mol. The Labute approximate surface area is 122 Å². The Morgan fingerprint density at radius 1 is 1.57 bits per heavy atom. The Morgan fingerprint density at radius 2 is 2.29 bits per heavy atom.